The molecule has 3 aromatic heterocycles. The average molecular weight is 434 g/mol. The van der Waals surface area contributed by atoms with Gasteiger partial charge in [-0.1, -0.05) is 42.5 Å². The van der Waals surface area contributed by atoms with Crippen LogP contribution in [-0.4, -0.2) is 6.21 Å². The van der Waals surface area contributed by atoms with E-state index in [0.717, 1.165) is 11.1 Å². The van der Waals surface area contributed by atoms with Gasteiger partial charge in [0.1, 0.15) is 29.7 Å². The maximum atomic E-state index is 9.89. The van der Waals surface area contributed by atoms with Gasteiger partial charge in [0.05, 0.1) is 18.1 Å². The molecule has 0 saturated carbocycles. The Morgan fingerprint density at radius 3 is 2.30 bits per heavy atom. The van der Waals surface area contributed by atoms with Crippen LogP contribution in [0.1, 0.15) is 16.7 Å². The van der Waals surface area contributed by atoms with Gasteiger partial charge in [0, 0.05) is 11.8 Å². The molecule has 0 saturated heterocycles. The number of ether oxygens (including phenoxy) is 1. The lowest BCUT2D eigenvalue weighted by Gasteiger charge is -2.08. The van der Waals surface area contributed by atoms with Gasteiger partial charge in [-0.3, -0.25) is 0 Å². The third-order valence-corrected chi connectivity index (χ3v) is 4.99. The predicted molar refractivity (Wildman–Crippen MR) is 123 cm³/mol. The summed E-state index contributed by atoms with van der Waals surface area (Å²) >= 11 is 0. The number of aliphatic imine (C=N–C) groups is 1. The molecule has 0 aliphatic carbocycles. The quantitative estimate of drug-likeness (QED) is 0.257. The second-order valence-corrected chi connectivity index (χ2v) is 7.12. The minimum atomic E-state index is 0.160. The highest BCUT2D eigenvalue weighted by atomic mass is 16.5. The second-order valence-electron chi connectivity index (χ2n) is 7.12. The van der Waals surface area contributed by atoms with Crippen molar-refractivity contribution in [3.05, 3.63) is 108 Å². The van der Waals surface area contributed by atoms with Crippen LogP contribution in [0, 0.1) is 11.3 Å². The Balaban J connectivity index is 1.50. The molecule has 2 aromatic carbocycles. The summed E-state index contributed by atoms with van der Waals surface area (Å²) in [5, 5.41) is 9.89. The standard InChI is InChI=1S/C27H18N2O4/c28-16-21-25(23-12-6-14-30-23)26(24-13-7-15-31-24)33-27(21)29-17-20-10-4-5-11-22(20)32-18-19-8-2-1-3-9-19/h1-15,17H,18H2. The van der Waals surface area contributed by atoms with E-state index < -0.39 is 0 Å². The predicted octanol–water partition coefficient (Wildman–Crippen LogP) is 7.00. The van der Waals surface area contributed by atoms with Gasteiger partial charge in [-0.15, -0.1) is 0 Å². The monoisotopic (exact) mass is 434 g/mol. The Labute approximate surface area is 190 Å². The highest BCUT2D eigenvalue weighted by molar-refractivity contribution is 5.89. The van der Waals surface area contributed by atoms with Gasteiger partial charge in [-0.25, -0.2) is 4.99 Å². The molecule has 0 fully saturated rings. The van der Waals surface area contributed by atoms with Crippen LogP contribution >= 0.6 is 0 Å². The van der Waals surface area contributed by atoms with Gasteiger partial charge < -0.3 is 18.0 Å². The molecule has 0 spiro atoms. The fourth-order valence-electron chi connectivity index (χ4n) is 3.43. The topological polar surface area (TPSA) is 84.8 Å². The molecule has 0 atom stereocenters. The van der Waals surface area contributed by atoms with E-state index in [-0.39, 0.29) is 11.4 Å². The zero-order valence-corrected chi connectivity index (χ0v) is 17.5. The minimum Gasteiger partial charge on any atom is -0.488 e. The van der Waals surface area contributed by atoms with Crippen LogP contribution in [0.3, 0.4) is 0 Å². The first-order valence-electron chi connectivity index (χ1n) is 10.3. The zero-order valence-electron chi connectivity index (χ0n) is 17.5. The lowest BCUT2D eigenvalue weighted by atomic mass is 10.1. The van der Waals surface area contributed by atoms with Gasteiger partial charge in [-0.2, -0.15) is 5.26 Å². The van der Waals surface area contributed by atoms with Crippen molar-refractivity contribution in [2.45, 2.75) is 6.61 Å². The summed E-state index contributed by atoms with van der Waals surface area (Å²) < 4.78 is 23.0. The number of nitrogens with zero attached hydrogens (tertiary/aromatic N) is 2. The van der Waals surface area contributed by atoms with Crippen LogP contribution in [0.15, 0.2) is 110 Å². The van der Waals surface area contributed by atoms with Crippen LogP contribution in [-0.2, 0) is 6.61 Å². The van der Waals surface area contributed by atoms with Crippen molar-refractivity contribution in [1.29, 1.82) is 5.26 Å². The van der Waals surface area contributed by atoms with Crippen molar-refractivity contribution in [2.24, 2.45) is 4.99 Å². The number of rotatable bonds is 7. The first-order valence-corrected chi connectivity index (χ1v) is 10.3. The number of furan rings is 3. The maximum absolute atomic E-state index is 9.89. The fraction of sp³-hybridized carbons (Fsp3) is 0.0370. The molecular weight excluding hydrogens is 416 g/mol. The molecule has 0 aliphatic heterocycles. The van der Waals surface area contributed by atoms with Gasteiger partial charge in [0.2, 0.25) is 5.88 Å². The lowest BCUT2D eigenvalue weighted by molar-refractivity contribution is 0.306. The Morgan fingerprint density at radius 2 is 1.58 bits per heavy atom. The van der Waals surface area contributed by atoms with E-state index in [1.807, 2.05) is 54.6 Å². The highest BCUT2D eigenvalue weighted by Crippen LogP contribution is 2.42. The minimum absolute atomic E-state index is 0.160. The van der Waals surface area contributed by atoms with Crippen molar-refractivity contribution in [3.8, 4) is 34.7 Å². The summed E-state index contributed by atoms with van der Waals surface area (Å²) in [4.78, 5) is 4.49. The Morgan fingerprint density at radius 1 is 0.848 bits per heavy atom. The van der Waals surface area contributed by atoms with Crippen molar-refractivity contribution in [3.63, 3.8) is 0 Å². The molecular formula is C27H18N2O4. The first-order chi connectivity index (χ1) is 16.3. The molecule has 3 heterocycles. The molecule has 0 unspecified atom stereocenters. The molecule has 6 heteroatoms. The Hall–Kier alpha value is -4.76. The molecule has 0 N–H and O–H groups in total. The van der Waals surface area contributed by atoms with E-state index in [4.69, 9.17) is 18.0 Å². The van der Waals surface area contributed by atoms with E-state index in [1.54, 1.807) is 43.0 Å². The highest BCUT2D eigenvalue weighted by Gasteiger charge is 2.26. The SMILES string of the molecule is N#Cc1c(N=Cc2ccccc2OCc2ccccc2)oc(-c2ccco2)c1-c1ccco1. The molecule has 33 heavy (non-hydrogen) atoms. The third-order valence-electron chi connectivity index (χ3n) is 4.99. The molecule has 0 aliphatic rings. The number of benzene rings is 2. The summed E-state index contributed by atoms with van der Waals surface area (Å²) in [5.74, 6) is 2.19. The van der Waals surface area contributed by atoms with E-state index in [2.05, 4.69) is 11.1 Å². The molecule has 0 bridgehead atoms. The van der Waals surface area contributed by atoms with E-state index in [0.29, 0.717) is 35.2 Å². The van der Waals surface area contributed by atoms with Gasteiger partial charge in [-0.05, 0) is 42.0 Å². The lowest BCUT2D eigenvalue weighted by Crippen LogP contribution is -1.98. The van der Waals surface area contributed by atoms with Crippen LogP contribution in [0.25, 0.3) is 22.8 Å². The number of nitriles is 1. The Kier molecular flexibility index (Phi) is 5.60. The van der Waals surface area contributed by atoms with E-state index in [1.165, 1.54) is 0 Å². The van der Waals surface area contributed by atoms with Crippen molar-refractivity contribution < 1.29 is 18.0 Å². The fourth-order valence-corrected chi connectivity index (χ4v) is 3.43. The number of para-hydroxylation sites is 1. The summed E-state index contributed by atoms with van der Waals surface area (Å²) in [6.45, 7) is 0.432. The van der Waals surface area contributed by atoms with Crippen molar-refractivity contribution >= 4 is 12.1 Å². The number of hydrogen-bond donors (Lipinski definition) is 0. The molecule has 6 nitrogen and oxygen atoms in total. The maximum Gasteiger partial charge on any atom is 0.238 e. The Bertz CT molecular complexity index is 1410. The van der Waals surface area contributed by atoms with Crippen LogP contribution in [0.4, 0.5) is 5.88 Å². The summed E-state index contributed by atoms with van der Waals surface area (Å²) in [6.07, 6.45) is 4.70. The summed E-state index contributed by atoms with van der Waals surface area (Å²) in [6, 6.07) is 26.7. The van der Waals surface area contributed by atoms with E-state index in [9.17, 15) is 5.26 Å². The number of hydrogen-bond acceptors (Lipinski definition) is 6. The molecule has 160 valence electrons. The van der Waals surface area contributed by atoms with Crippen LogP contribution in [0.2, 0.25) is 0 Å². The van der Waals surface area contributed by atoms with Crippen LogP contribution in [0.5, 0.6) is 5.75 Å². The van der Waals surface area contributed by atoms with Crippen molar-refractivity contribution in [1.82, 2.24) is 0 Å². The summed E-state index contributed by atoms with van der Waals surface area (Å²) in [7, 11) is 0. The van der Waals surface area contributed by atoms with Gasteiger partial charge in [0.15, 0.2) is 11.5 Å². The zero-order chi connectivity index (χ0) is 22.5. The van der Waals surface area contributed by atoms with Gasteiger partial charge >= 0.3 is 0 Å². The summed E-state index contributed by atoms with van der Waals surface area (Å²) in [5.41, 5.74) is 2.58. The first kappa shape index (κ1) is 20.2. The van der Waals surface area contributed by atoms with Gasteiger partial charge in [0.25, 0.3) is 0 Å². The van der Waals surface area contributed by atoms with Crippen LogP contribution < -0.4 is 4.74 Å². The largest absolute Gasteiger partial charge is 0.488 e. The van der Waals surface area contributed by atoms with Crippen molar-refractivity contribution in [2.75, 3.05) is 0 Å². The smallest absolute Gasteiger partial charge is 0.238 e. The average Bonchev–Trinajstić information content (AvgIpc) is 3.63. The molecule has 5 aromatic rings. The molecule has 0 amide bonds. The van der Waals surface area contributed by atoms with E-state index >= 15 is 0 Å². The molecule has 5 rings (SSSR count). The third kappa shape index (κ3) is 4.21. The molecule has 0 radical (unpaired) electrons. The second kappa shape index (κ2) is 9.16. The normalized spacial score (nSPS) is 11.0.